The van der Waals surface area contributed by atoms with Gasteiger partial charge < -0.3 is 39.1 Å². The summed E-state index contributed by atoms with van der Waals surface area (Å²) in [5.41, 5.74) is 1.03. The van der Waals surface area contributed by atoms with Crippen LogP contribution in [0.2, 0.25) is 0 Å². The standard InChI is InChI=1S/C25H44N2O7/c1-25(2,3)27-24(28)34-22-21-33-20-19-32-18-17-31-16-15-30-14-13-29-12-11-26-10-9-23-7-5-4-6-8-23/h4-8,26H,9-22H2,1-3H3,(H,27,28). The zero-order chi connectivity index (χ0) is 24.7. The highest BCUT2D eigenvalue weighted by molar-refractivity contribution is 5.67. The van der Waals surface area contributed by atoms with Crippen LogP contribution in [0.3, 0.4) is 0 Å². The van der Waals surface area contributed by atoms with Gasteiger partial charge in [-0.1, -0.05) is 30.3 Å². The van der Waals surface area contributed by atoms with E-state index >= 15 is 0 Å². The van der Waals surface area contributed by atoms with Crippen LogP contribution in [0, 0.1) is 0 Å². The third-order valence-electron chi connectivity index (χ3n) is 4.28. The van der Waals surface area contributed by atoms with Crippen molar-refractivity contribution in [3.63, 3.8) is 0 Å². The van der Waals surface area contributed by atoms with E-state index in [1.54, 1.807) is 0 Å². The van der Waals surface area contributed by atoms with E-state index in [9.17, 15) is 4.79 Å². The fourth-order valence-electron chi connectivity index (χ4n) is 2.66. The number of alkyl carbamates (subject to hydrolysis) is 1. The van der Waals surface area contributed by atoms with Crippen molar-refractivity contribution >= 4 is 6.09 Å². The number of hydrogen-bond acceptors (Lipinski definition) is 8. The maximum Gasteiger partial charge on any atom is 0.407 e. The van der Waals surface area contributed by atoms with Crippen molar-refractivity contribution in [1.29, 1.82) is 0 Å². The van der Waals surface area contributed by atoms with Crippen molar-refractivity contribution in [2.75, 3.05) is 85.8 Å². The lowest BCUT2D eigenvalue weighted by molar-refractivity contribution is -0.0137. The molecule has 0 saturated heterocycles. The van der Waals surface area contributed by atoms with Crippen LogP contribution in [0.4, 0.5) is 4.79 Å². The molecule has 9 nitrogen and oxygen atoms in total. The predicted molar refractivity (Wildman–Crippen MR) is 131 cm³/mol. The maximum atomic E-state index is 11.4. The van der Waals surface area contributed by atoms with E-state index in [0.717, 1.165) is 19.5 Å². The molecule has 0 atom stereocenters. The molecular formula is C25H44N2O7. The smallest absolute Gasteiger partial charge is 0.407 e. The SMILES string of the molecule is CC(C)(C)NC(=O)OCCOCCOCCOCCOCCOCCNCCc1ccccc1. The molecule has 0 aliphatic heterocycles. The van der Waals surface area contributed by atoms with Gasteiger partial charge >= 0.3 is 6.09 Å². The zero-order valence-corrected chi connectivity index (χ0v) is 21.1. The third-order valence-corrected chi connectivity index (χ3v) is 4.28. The Hall–Kier alpha value is -1.75. The summed E-state index contributed by atoms with van der Waals surface area (Å²) in [7, 11) is 0. The van der Waals surface area contributed by atoms with Crippen molar-refractivity contribution in [1.82, 2.24) is 10.6 Å². The molecule has 34 heavy (non-hydrogen) atoms. The maximum absolute atomic E-state index is 11.4. The first-order valence-electron chi connectivity index (χ1n) is 12.1. The van der Waals surface area contributed by atoms with Crippen LogP contribution in [-0.2, 0) is 34.8 Å². The van der Waals surface area contributed by atoms with Crippen molar-refractivity contribution in [3.05, 3.63) is 35.9 Å². The summed E-state index contributed by atoms with van der Waals surface area (Å²) < 4.78 is 32.2. The van der Waals surface area contributed by atoms with Gasteiger partial charge in [-0.25, -0.2) is 4.79 Å². The molecule has 0 fully saturated rings. The highest BCUT2D eigenvalue weighted by Gasteiger charge is 2.14. The van der Waals surface area contributed by atoms with Crippen LogP contribution in [0.15, 0.2) is 30.3 Å². The predicted octanol–water partition coefficient (Wildman–Crippen LogP) is 2.43. The van der Waals surface area contributed by atoms with E-state index in [0.29, 0.717) is 66.1 Å². The average molecular weight is 485 g/mol. The van der Waals surface area contributed by atoms with Crippen molar-refractivity contribution in [2.45, 2.75) is 32.7 Å². The highest BCUT2D eigenvalue weighted by Crippen LogP contribution is 1.99. The quantitative estimate of drug-likeness (QED) is 0.257. The molecular weight excluding hydrogens is 440 g/mol. The summed E-state index contributed by atoms with van der Waals surface area (Å²) in [5, 5.41) is 6.08. The number of carbonyl (C=O) groups excluding carboxylic acids is 1. The second-order valence-electron chi connectivity index (χ2n) is 8.56. The van der Waals surface area contributed by atoms with Gasteiger partial charge in [-0.15, -0.1) is 0 Å². The number of carbonyl (C=O) groups is 1. The minimum atomic E-state index is -0.441. The monoisotopic (exact) mass is 484 g/mol. The molecule has 9 heteroatoms. The van der Waals surface area contributed by atoms with E-state index < -0.39 is 6.09 Å². The Morgan fingerprint density at radius 3 is 1.65 bits per heavy atom. The van der Waals surface area contributed by atoms with E-state index in [4.69, 9.17) is 28.4 Å². The lowest BCUT2D eigenvalue weighted by atomic mass is 10.1. The molecule has 0 heterocycles. The summed E-state index contributed by atoms with van der Waals surface area (Å²) in [6.45, 7) is 12.8. The van der Waals surface area contributed by atoms with Gasteiger partial charge in [0.1, 0.15) is 6.61 Å². The van der Waals surface area contributed by atoms with E-state index in [-0.39, 0.29) is 12.1 Å². The molecule has 0 radical (unpaired) electrons. The minimum Gasteiger partial charge on any atom is -0.447 e. The Bertz CT molecular complexity index is 597. The van der Waals surface area contributed by atoms with Gasteiger partial charge in [-0.2, -0.15) is 0 Å². The van der Waals surface area contributed by atoms with Crippen molar-refractivity contribution < 1.29 is 33.2 Å². The summed E-state index contributed by atoms with van der Waals surface area (Å²) >= 11 is 0. The molecule has 0 saturated carbocycles. The second-order valence-corrected chi connectivity index (χ2v) is 8.56. The van der Waals surface area contributed by atoms with Crippen LogP contribution in [-0.4, -0.2) is 97.4 Å². The Balaban J connectivity index is 1.69. The number of rotatable bonds is 21. The molecule has 0 unspecified atom stereocenters. The number of amides is 1. The Morgan fingerprint density at radius 2 is 1.15 bits per heavy atom. The van der Waals surface area contributed by atoms with Crippen LogP contribution in [0.5, 0.6) is 0 Å². The van der Waals surface area contributed by atoms with Gasteiger partial charge in [0.25, 0.3) is 0 Å². The van der Waals surface area contributed by atoms with E-state index in [1.807, 2.05) is 26.8 Å². The first-order chi connectivity index (χ1) is 16.5. The van der Waals surface area contributed by atoms with Crippen LogP contribution in [0.1, 0.15) is 26.3 Å². The van der Waals surface area contributed by atoms with Crippen molar-refractivity contribution in [2.24, 2.45) is 0 Å². The number of ether oxygens (including phenoxy) is 6. The number of benzene rings is 1. The summed E-state index contributed by atoms with van der Waals surface area (Å²) in [4.78, 5) is 11.4. The molecule has 0 aliphatic carbocycles. The third kappa shape index (κ3) is 20.8. The molecule has 2 N–H and O–H groups in total. The number of hydrogen-bond donors (Lipinski definition) is 2. The van der Waals surface area contributed by atoms with Crippen LogP contribution >= 0.6 is 0 Å². The fraction of sp³-hybridized carbons (Fsp3) is 0.720. The Labute approximate surface area is 204 Å². The largest absolute Gasteiger partial charge is 0.447 e. The summed E-state index contributed by atoms with van der Waals surface area (Å²) in [6, 6.07) is 10.4. The van der Waals surface area contributed by atoms with Gasteiger partial charge in [0.2, 0.25) is 0 Å². The van der Waals surface area contributed by atoms with Gasteiger partial charge in [0.05, 0.1) is 66.1 Å². The van der Waals surface area contributed by atoms with Crippen molar-refractivity contribution in [3.8, 4) is 0 Å². The summed E-state index contributed by atoms with van der Waals surface area (Å²) in [5.74, 6) is 0. The molecule has 1 amide bonds. The van der Waals surface area contributed by atoms with Gasteiger partial charge in [0.15, 0.2) is 0 Å². The molecule has 0 aliphatic rings. The average Bonchev–Trinajstić information content (AvgIpc) is 2.79. The normalized spacial score (nSPS) is 11.5. The highest BCUT2D eigenvalue weighted by atomic mass is 16.6. The van der Waals surface area contributed by atoms with E-state index in [2.05, 4.69) is 34.9 Å². The first-order valence-corrected chi connectivity index (χ1v) is 12.1. The van der Waals surface area contributed by atoms with Gasteiger partial charge in [-0.05, 0) is 39.3 Å². The molecule has 1 aromatic carbocycles. The van der Waals surface area contributed by atoms with Gasteiger partial charge in [-0.3, -0.25) is 0 Å². The minimum absolute atomic E-state index is 0.210. The molecule has 0 spiro atoms. The lowest BCUT2D eigenvalue weighted by Crippen LogP contribution is -2.41. The number of nitrogens with one attached hydrogen (secondary N) is 2. The molecule has 1 rings (SSSR count). The molecule has 0 bridgehead atoms. The molecule has 1 aromatic rings. The van der Waals surface area contributed by atoms with Crippen LogP contribution in [0.25, 0.3) is 0 Å². The first kappa shape index (κ1) is 30.3. The summed E-state index contributed by atoms with van der Waals surface area (Å²) in [6.07, 6.45) is 0.584. The van der Waals surface area contributed by atoms with Crippen LogP contribution < -0.4 is 10.6 Å². The fourth-order valence-corrected chi connectivity index (χ4v) is 2.66. The lowest BCUT2D eigenvalue weighted by Gasteiger charge is -2.19. The topological polar surface area (TPSA) is 96.5 Å². The van der Waals surface area contributed by atoms with Gasteiger partial charge in [0, 0.05) is 12.1 Å². The zero-order valence-electron chi connectivity index (χ0n) is 21.1. The van der Waals surface area contributed by atoms with E-state index in [1.165, 1.54) is 5.56 Å². The Morgan fingerprint density at radius 1 is 0.676 bits per heavy atom. The Kier molecular flexibility index (Phi) is 18.4. The molecule has 0 aromatic heterocycles. The second kappa shape index (κ2) is 20.6. The molecule has 196 valence electrons.